The summed E-state index contributed by atoms with van der Waals surface area (Å²) in [5.41, 5.74) is -0.370. The number of carboxylic acids is 1. The molecule has 1 aromatic rings. The number of carboxylic acid groups (broad SMARTS) is 1. The van der Waals surface area contributed by atoms with E-state index in [-0.39, 0.29) is 11.5 Å². The maximum absolute atomic E-state index is 11.4. The van der Waals surface area contributed by atoms with Crippen LogP contribution in [-0.4, -0.2) is 30.7 Å². The van der Waals surface area contributed by atoms with E-state index in [9.17, 15) is 13.2 Å². The van der Waals surface area contributed by atoms with Gasteiger partial charge < -0.3 is 9.52 Å². The minimum Gasteiger partial charge on any atom is -0.476 e. The predicted octanol–water partition coefficient (Wildman–Crippen LogP) is 0.653. The number of sulfone groups is 1. The summed E-state index contributed by atoms with van der Waals surface area (Å²) in [5.74, 6) is -1.46. The number of oxazole rings is 1. The molecule has 0 aliphatic carbocycles. The van der Waals surface area contributed by atoms with Gasteiger partial charge in [0.1, 0.15) is 4.75 Å². The quantitative estimate of drug-likeness (QED) is 0.823. The van der Waals surface area contributed by atoms with Crippen molar-refractivity contribution in [1.82, 2.24) is 4.98 Å². The first-order valence-electron chi connectivity index (χ1n) is 4.05. The van der Waals surface area contributed by atoms with Gasteiger partial charge >= 0.3 is 5.97 Å². The van der Waals surface area contributed by atoms with Gasteiger partial charge in [0.2, 0.25) is 0 Å². The van der Waals surface area contributed by atoms with E-state index in [1.165, 1.54) is 13.8 Å². The number of rotatable bonds is 3. The lowest BCUT2D eigenvalue weighted by molar-refractivity contribution is 0.0687. The highest BCUT2D eigenvalue weighted by Gasteiger charge is 2.39. The van der Waals surface area contributed by atoms with Crippen molar-refractivity contribution in [3.05, 3.63) is 17.8 Å². The third-order valence-corrected chi connectivity index (χ3v) is 4.28. The highest BCUT2D eigenvalue weighted by Crippen LogP contribution is 2.31. The zero-order valence-electron chi connectivity index (χ0n) is 8.51. The van der Waals surface area contributed by atoms with Crippen LogP contribution in [0.15, 0.2) is 10.8 Å². The molecule has 0 atom stereocenters. The van der Waals surface area contributed by atoms with Crippen molar-refractivity contribution >= 4 is 15.8 Å². The lowest BCUT2D eigenvalue weighted by atomic mass is 10.1. The summed E-state index contributed by atoms with van der Waals surface area (Å²) in [6, 6.07) is 0. The molecule has 84 valence electrons. The van der Waals surface area contributed by atoms with E-state index in [1.807, 2.05) is 0 Å². The monoisotopic (exact) mass is 233 g/mol. The summed E-state index contributed by atoms with van der Waals surface area (Å²) in [6.45, 7) is 2.74. The number of hydrogen-bond acceptors (Lipinski definition) is 5. The van der Waals surface area contributed by atoms with Crippen LogP contribution in [0.5, 0.6) is 0 Å². The zero-order chi connectivity index (χ0) is 11.9. The molecule has 15 heavy (non-hydrogen) atoms. The molecule has 0 radical (unpaired) electrons. The molecule has 0 aliphatic heterocycles. The fourth-order valence-corrected chi connectivity index (χ4v) is 1.48. The van der Waals surface area contributed by atoms with E-state index < -0.39 is 20.6 Å². The second-order valence-electron chi connectivity index (χ2n) is 3.62. The molecular formula is C8H11NO5S. The van der Waals surface area contributed by atoms with Gasteiger partial charge in [-0.1, -0.05) is 0 Å². The van der Waals surface area contributed by atoms with Gasteiger partial charge in [0.15, 0.2) is 27.7 Å². The van der Waals surface area contributed by atoms with Crippen molar-refractivity contribution in [1.29, 1.82) is 0 Å². The summed E-state index contributed by atoms with van der Waals surface area (Å²) in [5, 5.41) is 8.77. The maximum Gasteiger partial charge on any atom is 0.358 e. The van der Waals surface area contributed by atoms with Crippen LogP contribution < -0.4 is 0 Å². The van der Waals surface area contributed by atoms with Crippen LogP contribution in [0.2, 0.25) is 0 Å². The topological polar surface area (TPSA) is 97.5 Å². The van der Waals surface area contributed by atoms with Crippen LogP contribution in [0.4, 0.5) is 0 Å². The van der Waals surface area contributed by atoms with Gasteiger partial charge in [-0.3, -0.25) is 0 Å². The highest BCUT2D eigenvalue weighted by molar-refractivity contribution is 7.91. The number of nitrogens with zero attached hydrogens (tertiary/aromatic N) is 1. The van der Waals surface area contributed by atoms with E-state index in [1.54, 1.807) is 0 Å². The minimum absolute atomic E-state index is 0.155. The van der Waals surface area contributed by atoms with Crippen LogP contribution in [0.25, 0.3) is 0 Å². The smallest absolute Gasteiger partial charge is 0.358 e. The Morgan fingerprint density at radius 1 is 1.53 bits per heavy atom. The molecule has 1 heterocycles. The van der Waals surface area contributed by atoms with Crippen molar-refractivity contribution in [2.75, 3.05) is 6.26 Å². The molecular weight excluding hydrogens is 222 g/mol. The summed E-state index contributed by atoms with van der Waals surface area (Å²) >= 11 is 0. The molecule has 0 amide bonds. The van der Waals surface area contributed by atoms with Crippen molar-refractivity contribution in [2.24, 2.45) is 0 Å². The summed E-state index contributed by atoms with van der Waals surface area (Å²) < 4.78 is 26.3. The summed E-state index contributed by atoms with van der Waals surface area (Å²) in [6.07, 6.45) is 1.94. The Hall–Kier alpha value is -1.37. The Labute approximate surface area is 86.9 Å². The van der Waals surface area contributed by atoms with Gasteiger partial charge in [-0.05, 0) is 13.8 Å². The fourth-order valence-electron chi connectivity index (χ4n) is 0.994. The van der Waals surface area contributed by atoms with Crippen molar-refractivity contribution in [3.8, 4) is 0 Å². The third kappa shape index (κ3) is 1.87. The number of aromatic nitrogens is 1. The molecule has 0 unspecified atom stereocenters. The predicted molar refractivity (Wildman–Crippen MR) is 51.3 cm³/mol. The van der Waals surface area contributed by atoms with Crippen LogP contribution in [-0.2, 0) is 14.6 Å². The Morgan fingerprint density at radius 2 is 2.07 bits per heavy atom. The molecule has 0 fully saturated rings. The molecule has 7 heteroatoms. The van der Waals surface area contributed by atoms with Gasteiger partial charge in [-0.25, -0.2) is 18.2 Å². The van der Waals surface area contributed by atoms with Crippen molar-refractivity contribution in [2.45, 2.75) is 18.6 Å². The van der Waals surface area contributed by atoms with Crippen LogP contribution in [0.1, 0.15) is 30.1 Å². The molecule has 0 aromatic carbocycles. The second kappa shape index (κ2) is 3.34. The molecule has 6 nitrogen and oxygen atoms in total. The van der Waals surface area contributed by atoms with Gasteiger partial charge in [-0.15, -0.1) is 0 Å². The normalized spacial score (nSPS) is 12.7. The third-order valence-electron chi connectivity index (χ3n) is 2.24. The van der Waals surface area contributed by atoms with Crippen LogP contribution in [0, 0.1) is 0 Å². The van der Waals surface area contributed by atoms with E-state index >= 15 is 0 Å². The molecule has 0 saturated heterocycles. The first kappa shape index (κ1) is 11.7. The Morgan fingerprint density at radius 3 is 2.47 bits per heavy atom. The average molecular weight is 233 g/mol. The first-order chi connectivity index (χ1) is 6.68. The highest BCUT2D eigenvalue weighted by atomic mass is 32.2. The summed E-state index contributed by atoms with van der Waals surface area (Å²) in [7, 11) is -3.48. The van der Waals surface area contributed by atoms with E-state index in [0.717, 1.165) is 12.6 Å². The molecule has 1 rings (SSSR count). The number of hydrogen-bond donors (Lipinski definition) is 1. The lowest BCUT2D eigenvalue weighted by Gasteiger charge is -2.19. The first-order valence-corrected chi connectivity index (χ1v) is 5.94. The molecule has 1 aromatic heterocycles. The maximum atomic E-state index is 11.4. The Balaban J connectivity index is 3.40. The molecule has 0 spiro atoms. The second-order valence-corrected chi connectivity index (χ2v) is 6.18. The van der Waals surface area contributed by atoms with Crippen LogP contribution >= 0.6 is 0 Å². The van der Waals surface area contributed by atoms with E-state index in [4.69, 9.17) is 9.52 Å². The van der Waals surface area contributed by atoms with E-state index in [0.29, 0.717) is 0 Å². The Kier molecular flexibility index (Phi) is 2.60. The van der Waals surface area contributed by atoms with E-state index in [2.05, 4.69) is 4.98 Å². The average Bonchev–Trinajstić information content (AvgIpc) is 2.48. The molecule has 0 saturated carbocycles. The van der Waals surface area contributed by atoms with Crippen molar-refractivity contribution in [3.63, 3.8) is 0 Å². The van der Waals surface area contributed by atoms with Crippen molar-refractivity contribution < 1.29 is 22.7 Å². The largest absolute Gasteiger partial charge is 0.476 e. The number of aromatic carboxylic acids is 1. The molecule has 1 N–H and O–H groups in total. The van der Waals surface area contributed by atoms with Gasteiger partial charge in [0, 0.05) is 6.26 Å². The summed E-state index contributed by atoms with van der Waals surface area (Å²) in [4.78, 5) is 14.2. The standard InChI is InChI=1S/C8H11NO5S/c1-8(2,15(3,12)13)6-5(7(10)11)9-4-14-6/h4H,1-3H3,(H,10,11). The molecule has 0 aliphatic rings. The van der Waals surface area contributed by atoms with Crippen LogP contribution in [0.3, 0.4) is 0 Å². The van der Waals surface area contributed by atoms with Gasteiger partial charge in [-0.2, -0.15) is 0 Å². The Bertz CT molecular complexity index is 485. The SMILES string of the molecule is CC(C)(c1ocnc1C(=O)O)S(C)(=O)=O. The lowest BCUT2D eigenvalue weighted by Crippen LogP contribution is -2.29. The zero-order valence-corrected chi connectivity index (χ0v) is 9.33. The minimum atomic E-state index is -3.48. The molecule has 0 bridgehead atoms. The van der Waals surface area contributed by atoms with Gasteiger partial charge in [0.05, 0.1) is 0 Å². The van der Waals surface area contributed by atoms with Gasteiger partial charge in [0.25, 0.3) is 0 Å². The fraction of sp³-hybridized carbons (Fsp3) is 0.500. The number of carbonyl (C=O) groups is 1.